The molecule has 0 spiro atoms. The van der Waals surface area contributed by atoms with Gasteiger partial charge in [-0.1, -0.05) is 0 Å². The van der Waals surface area contributed by atoms with Crippen molar-refractivity contribution in [2.24, 2.45) is 0 Å². The standard InChI is InChI=1S/C12H14N2O4S3/c1-12(2,11-13-5-7-20-11)14-21(16,17)8-4-6-19-9(8)10(15)18-3/h4-7,14H,1-3H3. The second-order valence-electron chi connectivity index (χ2n) is 4.67. The fraction of sp³-hybridized carbons (Fsp3) is 0.333. The van der Waals surface area contributed by atoms with Crippen LogP contribution in [0.5, 0.6) is 0 Å². The van der Waals surface area contributed by atoms with E-state index >= 15 is 0 Å². The fourth-order valence-corrected chi connectivity index (χ4v) is 5.22. The van der Waals surface area contributed by atoms with Crippen molar-refractivity contribution in [3.05, 3.63) is 32.9 Å². The monoisotopic (exact) mass is 346 g/mol. The second kappa shape index (κ2) is 5.84. The number of nitrogens with zero attached hydrogens (tertiary/aromatic N) is 1. The predicted octanol–water partition coefficient (Wildman–Crippen LogP) is 2.20. The summed E-state index contributed by atoms with van der Waals surface area (Å²) in [6.45, 7) is 3.43. The van der Waals surface area contributed by atoms with Gasteiger partial charge in [0.1, 0.15) is 14.8 Å². The molecule has 0 aliphatic rings. The molecule has 0 fully saturated rings. The summed E-state index contributed by atoms with van der Waals surface area (Å²) in [6.07, 6.45) is 1.61. The van der Waals surface area contributed by atoms with Gasteiger partial charge in [-0.15, -0.1) is 22.7 Å². The predicted molar refractivity (Wildman–Crippen MR) is 81.1 cm³/mol. The van der Waals surface area contributed by atoms with Crippen LogP contribution in [-0.2, 0) is 20.3 Å². The molecule has 0 aliphatic carbocycles. The molecule has 0 saturated heterocycles. The Balaban J connectivity index is 2.36. The molecular formula is C12H14N2O4S3. The first-order valence-corrected chi connectivity index (χ1v) is 9.12. The number of nitrogens with one attached hydrogen (secondary N) is 1. The summed E-state index contributed by atoms with van der Waals surface area (Å²) in [7, 11) is -2.65. The van der Waals surface area contributed by atoms with Crippen LogP contribution in [0.1, 0.15) is 28.5 Å². The van der Waals surface area contributed by atoms with Crippen molar-refractivity contribution in [1.82, 2.24) is 9.71 Å². The zero-order valence-corrected chi connectivity index (χ0v) is 14.1. The molecule has 1 N–H and O–H groups in total. The Bertz CT molecular complexity index is 732. The van der Waals surface area contributed by atoms with Gasteiger partial charge in [0.25, 0.3) is 0 Å². The summed E-state index contributed by atoms with van der Waals surface area (Å²) in [5.74, 6) is -0.669. The van der Waals surface area contributed by atoms with Crippen LogP contribution in [0, 0.1) is 0 Å². The number of hydrogen-bond donors (Lipinski definition) is 1. The lowest BCUT2D eigenvalue weighted by molar-refractivity contribution is 0.0602. The number of aromatic nitrogens is 1. The van der Waals surface area contributed by atoms with Crippen molar-refractivity contribution in [3.63, 3.8) is 0 Å². The normalized spacial score (nSPS) is 12.3. The van der Waals surface area contributed by atoms with Gasteiger partial charge in [-0.25, -0.2) is 18.2 Å². The van der Waals surface area contributed by atoms with E-state index in [1.807, 2.05) is 0 Å². The maximum atomic E-state index is 12.5. The van der Waals surface area contributed by atoms with E-state index < -0.39 is 21.5 Å². The largest absolute Gasteiger partial charge is 0.465 e. The molecular weight excluding hydrogens is 332 g/mol. The number of thiophene rings is 1. The number of methoxy groups -OCH3 is 1. The van der Waals surface area contributed by atoms with Crippen LogP contribution in [0.15, 0.2) is 27.9 Å². The number of carbonyl (C=O) groups is 1. The zero-order chi connectivity index (χ0) is 15.7. The fourth-order valence-electron chi connectivity index (χ4n) is 1.72. The van der Waals surface area contributed by atoms with Crippen LogP contribution in [0.4, 0.5) is 0 Å². The molecule has 2 aromatic heterocycles. The Kier molecular flexibility index (Phi) is 4.47. The number of rotatable bonds is 5. The third-order valence-corrected chi connectivity index (χ3v) is 6.46. The Morgan fingerprint density at radius 3 is 2.62 bits per heavy atom. The summed E-state index contributed by atoms with van der Waals surface area (Å²) in [4.78, 5) is 15.7. The summed E-state index contributed by atoms with van der Waals surface area (Å²) < 4.78 is 32.2. The highest BCUT2D eigenvalue weighted by Crippen LogP contribution is 2.28. The van der Waals surface area contributed by atoms with Gasteiger partial charge >= 0.3 is 5.97 Å². The molecule has 9 heteroatoms. The zero-order valence-electron chi connectivity index (χ0n) is 11.6. The number of thiazole rings is 1. The highest BCUT2D eigenvalue weighted by Gasteiger charge is 2.33. The molecule has 2 heterocycles. The molecule has 114 valence electrons. The summed E-state index contributed by atoms with van der Waals surface area (Å²) in [6, 6.07) is 1.39. The quantitative estimate of drug-likeness (QED) is 0.839. The third kappa shape index (κ3) is 3.31. The van der Waals surface area contributed by atoms with Crippen LogP contribution in [0.25, 0.3) is 0 Å². The van der Waals surface area contributed by atoms with Crippen molar-refractivity contribution in [3.8, 4) is 0 Å². The number of esters is 1. The Morgan fingerprint density at radius 1 is 1.33 bits per heavy atom. The highest BCUT2D eigenvalue weighted by molar-refractivity contribution is 7.89. The molecule has 0 radical (unpaired) electrons. The van der Waals surface area contributed by atoms with Gasteiger partial charge in [-0.3, -0.25) is 0 Å². The first-order valence-electron chi connectivity index (χ1n) is 5.87. The smallest absolute Gasteiger partial charge is 0.349 e. The minimum absolute atomic E-state index is 0.0555. The second-order valence-corrected chi connectivity index (χ2v) is 8.13. The minimum atomic E-state index is -3.86. The Hall–Kier alpha value is -1.29. The SMILES string of the molecule is COC(=O)c1sccc1S(=O)(=O)NC(C)(C)c1nccs1. The van der Waals surface area contributed by atoms with Crippen molar-refractivity contribution >= 4 is 38.7 Å². The molecule has 21 heavy (non-hydrogen) atoms. The van der Waals surface area contributed by atoms with Crippen molar-refractivity contribution in [2.75, 3.05) is 7.11 Å². The van der Waals surface area contributed by atoms with Crippen molar-refractivity contribution in [1.29, 1.82) is 0 Å². The van der Waals surface area contributed by atoms with E-state index in [-0.39, 0.29) is 9.77 Å². The van der Waals surface area contributed by atoms with Crippen LogP contribution >= 0.6 is 22.7 Å². The van der Waals surface area contributed by atoms with Gasteiger partial charge in [0.15, 0.2) is 0 Å². The summed E-state index contributed by atoms with van der Waals surface area (Å²) >= 11 is 2.38. The molecule has 2 rings (SSSR count). The molecule has 6 nitrogen and oxygen atoms in total. The molecule has 0 aliphatic heterocycles. The van der Waals surface area contributed by atoms with Gasteiger partial charge in [-0.2, -0.15) is 4.72 Å². The van der Waals surface area contributed by atoms with Crippen LogP contribution < -0.4 is 4.72 Å². The highest BCUT2D eigenvalue weighted by atomic mass is 32.2. The van der Waals surface area contributed by atoms with E-state index in [0.29, 0.717) is 5.01 Å². The van der Waals surface area contributed by atoms with Crippen LogP contribution in [0.3, 0.4) is 0 Å². The number of sulfonamides is 1. The summed E-state index contributed by atoms with van der Waals surface area (Å²) in [5.41, 5.74) is -0.873. The minimum Gasteiger partial charge on any atom is -0.465 e. The Morgan fingerprint density at radius 2 is 2.05 bits per heavy atom. The molecule has 0 aromatic carbocycles. The van der Waals surface area contributed by atoms with Gasteiger partial charge in [0.05, 0.1) is 12.6 Å². The van der Waals surface area contributed by atoms with E-state index in [4.69, 9.17) is 0 Å². The number of carbonyl (C=O) groups excluding carboxylic acids is 1. The number of ether oxygens (including phenoxy) is 1. The lowest BCUT2D eigenvalue weighted by Gasteiger charge is -2.23. The topological polar surface area (TPSA) is 85.4 Å². The van der Waals surface area contributed by atoms with E-state index in [2.05, 4.69) is 14.4 Å². The van der Waals surface area contributed by atoms with Gasteiger partial charge < -0.3 is 4.74 Å². The maximum Gasteiger partial charge on any atom is 0.349 e. The lowest BCUT2D eigenvalue weighted by atomic mass is 10.1. The molecule has 0 amide bonds. The molecule has 0 saturated carbocycles. The van der Waals surface area contributed by atoms with Crippen molar-refractivity contribution in [2.45, 2.75) is 24.3 Å². The van der Waals surface area contributed by atoms with Gasteiger partial charge in [-0.05, 0) is 25.3 Å². The van der Waals surface area contributed by atoms with E-state index in [9.17, 15) is 13.2 Å². The molecule has 0 unspecified atom stereocenters. The van der Waals surface area contributed by atoms with Crippen LogP contribution in [-0.4, -0.2) is 26.5 Å². The van der Waals surface area contributed by atoms with Crippen molar-refractivity contribution < 1.29 is 17.9 Å². The average Bonchev–Trinajstić information content (AvgIpc) is 3.07. The molecule has 2 aromatic rings. The van der Waals surface area contributed by atoms with E-state index in [1.165, 1.54) is 29.9 Å². The average molecular weight is 346 g/mol. The first kappa shape index (κ1) is 16.1. The van der Waals surface area contributed by atoms with Gasteiger partial charge in [0, 0.05) is 11.6 Å². The number of hydrogen-bond acceptors (Lipinski definition) is 7. The third-order valence-electron chi connectivity index (χ3n) is 2.65. The van der Waals surface area contributed by atoms with E-state index in [1.54, 1.807) is 25.4 Å². The molecule has 0 bridgehead atoms. The first-order chi connectivity index (χ1) is 9.78. The van der Waals surface area contributed by atoms with Crippen LogP contribution in [0.2, 0.25) is 0 Å². The van der Waals surface area contributed by atoms with E-state index in [0.717, 1.165) is 11.3 Å². The van der Waals surface area contributed by atoms with Gasteiger partial charge in [0.2, 0.25) is 10.0 Å². The summed E-state index contributed by atoms with van der Waals surface area (Å²) in [5, 5.41) is 3.95. The lowest BCUT2D eigenvalue weighted by Crippen LogP contribution is -2.41. The maximum absolute atomic E-state index is 12.5. The molecule has 0 atom stereocenters. The Labute approximate surface area is 130 Å².